The van der Waals surface area contributed by atoms with Crippen molar-refractivity contribution in [2.24, 2.45) is 0 Å². The summed E-state index contributed by atoms with van der Waals surface area (Å²) in [6.07, 6.45) is 8.84. The molecular formula is C16H21BrO2. The topological polar surface area (TPSA) is 29.5 Å². The molecule has 0 amide bonds. The highest BCUT2D eigenvalue weighted by Gasteiger charge is 2.15. The molecule has 1 unspecified atom stereocenters. The van der Waals surface area contributed by atoms with Crippen LogP contribution in [0.3, 0.4) is 0 Å². The van der Waals surface area contributed by atoms with Gasteiger partial charge in [0, 0.05) is 0 Å². The van der Waals surface area contributed by atoms with Crippen molar-refractivity contribution in [3.05, 3.63) is 39.9 Å². The molecule has 1 N–H and O–H groups in total. The summed E-state index contributed by atoms with van der Waals surface area (Å²) < 4.78 is 6.11. The largest absolute Gasteiger partial charge is 0.496 e. The van der Waals surface area contributed by atoms with Crippen molar-refractivity contribution in [1.82, 2.24) is 0 Å². The van der Waals surface area contributed by atoms with Gasteiger partial charge in [-0.25, -0.2) is 0 Å². The summed E-state index contributed by atoms with van der Waals surface area (Å²) in [6.45, 7) is 0. The third-order valence-corrected chi connectivity index (χ3v) is 4.29. The summed E-state index contributed by atoms with van der Waals surface area (Å²) in [4.78, 5) is 0. The van der Waals surface area contributed by atoms with Gasteiger partial charge in [0.1, 0.15) is 11.9 Å². The standard InChI is InChI=1S/C16H21BrO2/c1-19-15-10-9-13(11-14(15)17)16(18)12-7-5-3-2-4-6-8-12/h7,9-11,16,18H,2-6,8H2,1H3/b12-7+. The molecule has 1 aliphatic carbocycles. The number of hydrogen-bond donors (Lipinski definition) is 1. The maximum atomic E-state index is 10.5. The van der Waals surface area contributed by atoms with Crippen molar-refractivity contribution in [3.63, 3.8) is 0 Å². The number of hydrogen-bond acceptors (Lipinski definition) is 2. The molecule has 2 rings (SSSR count). The lowest BCUT2D eigenvalue weighted by atomic mass is 9.93. The molecule has 0 aliphatic heterocycles. The second-order valence-electron chi connectivity index (χ2n) is 5.03. The van der Waals surface area contributed by atoms with E-state index in [4.69, 9.17) is 4.74 Å². The van der Waals surface area contributed by atoms with Crippen LogP contribution < -0.4 is 4.74 Å². The van der Waals surface area contributed by atoms with Gasteiger partial charge in [-0.2, -0.15) is 0 Å². The molecule has 1 aromatic carbocycles. The Morgan fingerprint density at radius 1 is 1.21 bits per heavy atom. The maximum absolute atomic E-state index is 10.5. The summed E-state index contributed by atoms with van der Waals surface area (Å²) >= 11 is 3.47. The van der Waals surface area contributed by atoms with Crippen LogP contribution in [-0.2, 0) is 0 Å². The lowest BCUT2D eigenvalue weighted by Crippen LogP contribution is -2.04. The van der Waals surface area contributed by atoms with Gasteiger partial charge in [0.15, 0.2) is 0 Å². The van der Waals surface area contributed by atoms with Crippen molar-refractivity contribution in [3.8, 4) is 5.75 Å². The van der Waals surface area contributed by atoms with E-state index in [-0.39, 0.29) is 0 Å². The highest BCUT2D eigenvalue weighted by molar-refractivity contribution is 9.10. The van der Waals surface area contributed by atoms with Gasteiger partial charge in [-0.1, -0.05) is 25.0 Å². The molecule has 0 saturated heterocycles. The van der Waals surface area contributed by atoms with Crippen molar-refractivity contribution < 1.29 is 9.84 Å². The highest BCUT2D eigenvalue weighted by Crippen LogP contribution is 2.33. The highest BCUT2D eigenvalue weighted by atomic mass is 79.9. The molecule has 1 atom stereocenters. The van der Waals surface area contributed by atoms with E-state index in [2.05, 4.69) is 22.0 Å². The molecule has 104 valence electrons. The van der Waals surface area contributed by atoms with Crippen LogP contribution in [0.2, 0.25) is 0 Å². The van der Waals surface area contributed by atoms with Gasteiger partial charge in [0.05, 0.1) is 11.6 Å². The second-order valence-corrected chi connectivity index (χ2v) is 5.88. The predicted molar refractivity (Wildman–Crippen MR) is 81.4 cm³/mol. The first kappa shape index (κ1) is 14.6. The second kappa shape index (κ2) is 7.11. The number of allylic oxidation sites excluding steroid dienone is 1. The molecular weight excluding hydrogens is 304 g/mol. The minimum atomic E-state index is -0.486. The molecule has 0 heterocycles. The zero-order valence-electron chi connectivity index (χ0n) is 11.4. The average Bonchev–Trinajstić information content (AvgIpc) is 2.37. The fourth-order valence-corrected chi connectivity index (χ4v) is 3.09. The number of ether oxygens (including phenoxy) is 1. The first-order valence-corrected chi connectivity index (χ1v) is 7.72. The van der Waals surface area contributed by atoms with Crippen LogP contribution in [0, 0.1) is 0 Å². The molecule has 2 nitrogen and oxygen atoms in total. The molecule has 1 aliphatic rings. The Morgan fingerprint density at radius 2 is 2.00 bits per heavy atom. The van der Waals surface area contributed by atoms with E-state index in [9.17, 15) is 5.11 Å². The molecule has 0 saturated carbocycles. The number of aliphatic hydroxyl groups is 1. The number of aliphatic hydroxyl groups excluding tert-OH is 1. The van der Waals surface area contributed by atoms with Crippen molar-refractivity contribution in [2.75, 3.05) is 7.11 Å². The zero-order chi connectivity index (χ0) is 13.7. The van der Waals surface area contributed by atoms with Gasteiger partial charge < -0.3 is 9.84 Å². The third kappa shape index (κ3) is 3.83. The van der Waals surface area contributed by atoms with E-state index in [0.717, 1.165) is 34.2 Å². The monoisotopic (exact) mass is 324 g/mol. The molecule has 3 heteroatoms. The fourth-order valence-electron chi connectivity index (χ4n) is 2.53. The van der Waals surface area contributed by atoms with Gasteiger partial charge in [-0.05, 0) is 64.9 Å². The summed E-state index contributed by atoms with van der Waals surface area (Å²) in [5, 5.41) is 10.5. The molecule has 0 spiro atoms. The van der Waals surface area contributed by atoms with Crippen molar-refractivity contribution >= 4 is 15.9 Å². The van der Waals surface area contributed by atoms with Crippen molar-refractivity contribution in [2.45, 2.75) is 44.6 Å². The Morgan fingerprint density at radius 3 is 2.74 bits per heavy atom. The van der Waals surface area contributed by atoms with E-state index < -0.39 is 6.10 Å². The van der Waals surface area contributed by atoms with Crippen LogP contribution in [0.5, 0.6) is 5.75 Å². The maximum Gasteiger partial charge on any atom is 0.133 e. The van der Waals surface area contributed by atoms with E-state index >= 15 is 0 Å². The SMILES string of the molecule is COc1ccc(C(O)/C2=C/CCCCCC2)cc1Br. The Kier molecular flexibility index (Phi) is 5.46. The van der Waals surface area contributed by atoms with Gasteiger partial charge in [-0.15, -0.1) is 0 Å². The summed E-state index contributed by atoms with van der Waals surface area (Å²) in [7, 11) is 1.65. The zero-order valence-corrected chi connectivity index (χ0v) is 12.9. The average molecular weight is 325 g/mol. The molecule has 0 fully saturated rings. The van der Waals surface area contributed by atoms with Crippen LogP contribution in [0.15, 0.2) is 34.3 Å². The lowest BCUT2D eigenvalue weighted by Gasteiger charge is -2.18. The van der Waals surface area contributed by atoms with E-state index in [1.54, 1.807) is 7.11 Å². The first-order chi connectivity index (χ1) is 9.22. The quantitative estimate of drug-likeness (QED) is 0.811. The molecule has 19 heavy (non-hydrogen) atoms. The minimum absolute atomic E-state index is 0.486. The lowest BCUT2D eigenvalue weighted by molar-refractivity contribution is 0.209. The van der Waals surface area contributed by atoms with Crippen molar-refractivity contribution in [1.29, 1.82) is 0 Å². The van der Waals surface area contributed by atoms with E-state index in [1.807, 2.05) is 18.2 Å². The molecule has 0 bridgehead atoms. The van der Waals surface area contributed by atoms with Gasteiger partial charge >= 0.3 is 0 Å². The summed E-state index contributed by atoms with van der Waals surface area (Å²) in [6, 6.07) is 5.78. The van der Waals surface area contributed by atoms with Crippen LogP contribution in [0.1, 0.15) is 50.2 Å². The summed E-state index contributed by atoms with van der Waals surface area (Å²) in [5.41, 5.74) is 2.09. The molecule has 0 aromatic heterocycles. The van der Waals surface area contributed by atoms with Gasteiger partial charge in [0.25, 0.3) is 0 Å². The molecule has 1 aromatic rings. The van der Waals surface area contributed by atoms with Crippen LogP contribution in [0.4, 0.5) is 0 Å². The van der Waals surface area contributed by atoms with Crippen LogP contribution >= 0.6 is 15.9 Å². The first-order valence-electron chi connectivity index (χ1n) is 6.93. The number of halogens is 1. The number of rotatable bonds is 3. The summed E-state index contributed by atoms with van der Waals surface area (Å²) in [5.74, 6) is 0.794. The van der Waals surface area contributed by atoms with Gasteiger partial charge in [-0.3, -0.25) is 0 Å². The van der Waals surface area contributed by atoms with Crippen LogP contribution in [-0.4, -0.2) is 12.2 Å². The minimum Gasteiger partial charge on any atom is -0.496 e. The Bertz CT molecular complexity index is 454. The fraction of sp³-hybridized carbons (Fsp3) is 0.500. The van der Waals surface area contributed by atoms with Gasteiger partial charge in [0.2, 0.25) is 0 Å². The number of methoxy groups -OCH3 is 1. The number of benzene rings is 1. The molecule has 0 radical (unpaired) electrons. The van der Waals surface area contributed by atoms with Crippen LogP contribution in [0.25, 0.3) is 0 Å². The normalized spacial score (nSPS) is 20.9. The van der Waals surface area contributed by atoms with E-state index in [1.165, 1.54) is 25.7 Å². The third-order valence-electron chi connectivity index (χ3n) is 3.67. The smallest absolute Gasteiger partial charge is 0.133 e. The Hall–Kier alpha value is -0.800. The van der Waals surface area contributed by atoms with E-state index in [0.29, 0.717) is 0 Å². The Labute approximate surface area is 123 Å². The predicted octanol–water partition coefficient (Wildman–Crippen LogP) is 4.77. The Balaban J connectivity index is 2.17.